The number of halogens is 5. The summed E-state index contributed by atoms with van der Waals surface area (Å²) in [4.78, 5) is 48.8. The number of hydrogen-bond acceptors (Lipinski definition) is 7. The van der Waals surface area contributed by atoms with E-state index in [-0.39, 0.29) is 29.9 Å². The number of alkyl halides is 3. The smallest absolute Gasteiger partial charge is 0.381 e. The maximum Gasteiger partial charge on any atom is 0.418 e. The molecule has 3 aliphatic rings. The molecule has 1 spiro atoms. The Balaban J connectivity index is 0.995. The standard InChI is InChI=1S/C41H34F5N5O4S/c1-23-19-28(36(47-20-23)50-21-40(22-50)14-17-55-18-15-40)37(52)48-25-11-9-24(10-12-25)39(54)51-16-13-27-32(43)35(56-34(27)26-5-2-3-8-31(26)51)38(53)49-33-29(41(44,45)46)6-4-7-30(33)42/h2-12,19-20H,13-18,21-22H2,1H3,(H,48,52)(H,49,53). The third kappa shape index (κ3) is 6.89. The monoisotopic (exact) mass is 787 g/mol. The Morgan fingerprint density at radius 2 is 1.64 bits per heavy atom. The average Bonchev–Trinajstić information content (AvgIpc) is 3.40. The number of thiophene rings is 1. The Hall–Kier alpha value is -5.67. The molecule has 0 bridgehead atoms. The van der Waals surface area contributed by atoms with Crippen LogP contribution in [0.25, 0.3) is 10.4 Å². The number of fused-ring (bicyclic) bond motifs is 3. The number of amides is 3. The summed E-state index contributed by atoms with van der Waals surface area (Å²) < 4.78 is 76.8. The van der Waals surface area contributed by atoms with Crippen molar-refractivity contribution in [3.63, 3.8) is 0 Å². The molecule has 5 heterocycles. The molecular formula is C41H34F5N5O4S. The molecule has 0 unspecified atom stereocenters. The molecule has 5 aromatic rings. The first-order chi connectivity index (χ1) is 26.8. The summed E-state index contributed by atoms with van der Waals surface area (Å²) in [6.45, 7) is 4.97. The Bertz CT molecular complexity index is 2370. The number of aromatic nitrogens is 1. The number of hydrogen-bond donors (Lipinski definition) is 2. The number of rotatable bonds is 6. The zero-order valence-corrected chi connectivity index (χ0v) is 30.8. The van der Waals surface area contributed by atoms with E-state index in [4.69, 9.17) is 4.74 Å². The number of benzene rings is 3. The van der Waals surface area contributed by atoms with Crippen LogP contribution in [0.2, 0.25) is 0 Å². The zero-order valence-electron chi connectivity index (χ0n) is 29.9. The van der Waals surface area contributed by atoms with E-state index >= 15 is 4.39 Å². The van der Waals surface area contributed by atoms with E-state index < -0.39 is 45.8 Å². The Kier molecular flexibility index (Phi) is 9.61. The van der Waals surface area contributed by atoms with Crippen molar-refractivity contribution in [2.24, 2.45) is 5.41 Å². The molecule has 0 aliphatic carbocycles. The first-order valence-electron chi connectivity index (χ1n) is 17.9. The molecule has 3 aromatic carbocycles. The van der Waals surface area contributed by atoms with E-state index in [0.717, 1.165) is 56.8 Å². The van der Waals surface area contributed by atoms with Gasteiger partial charge in [-0.15, -0.1) is 11.3 Å². The van der Waals surface area contributed by atoms with Crippen LogP contribution in [0.15, 0.2) is 79.0 Å². The van der Waals surface area contributed by atoms with Gasteiger partial charge in [0.15, 0.2) is 5.82 Å². The molecule has 2 fully saturated rings. The molecule has 2 aromatic heterocycles. The number of nitrogens with zero attached hydrogens (tertiary/aromatic N) is 3. The van der Waals surface area contributed by atoms with Crippen molar-refractivity contribution in [2.45, 2.75) is 32.4 Å². The first-order valence-corrected chi connectivity index (χ1v) is 18.7. The van der Waals surface area contributed by atoms with Crippen molar-refractivity contribution in [2.75, 3.05) is 53.3 Å². The number of para-hydroxylation sites is 2. The third-order valence-corrected chi connectivity index (χ3v) is 11.8. The number of ether oxygens (including phenoxy) is 1. The molecule has 0 atom stereocenters. The summed E-state index contributed by atoms with van der Waals surface area (Å²) in [6.07, 6.45) is -1.29. The summed E-state index contributed by atoms with van der Waals surface area (Å²) in [7, 11) is 0. The second kappa shape index (κ2) is 14.4. The Morgan fingerprint density at radius 3 is 2.38 bits per heavy atom. The zero-order chi connectivity index (χ0) is 39.4. The number of carbonyl (C=O) groups is 3. The summed E-state index contributed by atoms with van der Waals surface area (Å²) in [5, 5.41) is 4.86. The van der Waals surface area contributed by atoms with Gasteiger partial charge < -0.3 is 25.2 Å². The molecule has 2 N–H and O–H groups in total. The van der Waals surface area contributed by atoms with Gasteiger partial charge in [-0.1, -0.05) is 24.3 Å². The molecule has 9 nitrogen and oxygen atoms in total. The minimum absolute atomic E-state index is 0.00945. The number of anilines is 4. The van der Waals surface area contributed by atoms with E-state index in [0.29, 0.717) is 56.2 Å². The van der Waals surface area contributed by atoms with Crippen LogP contribution in [0, 0.1) is 24.0 Å². The van der Waals surface area contributed by atoms with Crippen LogP contribution in [-0.2, 0) is 17.3 Å². The molecule has 288 valence electrons. The fourth-order valence-electron chi connectivity index (χ4n) is 7.61. The van der Waals surface area contributed by atoms with Gasteiger partial charge in [0.05, 0.1) is 22.5 Å². The lowest BCUT2D eigenvalue weighted by Crippen LogP contribution is -2.59. The normalized spacial score (nSPS) is 16.0. The fraction of sp³-hybridized carbons (Fsp3) is 0.268. The number of pyridine rings is 1. The fourth-order valence-corrected chi connectivity index (χ4v) is 8.77. The predicted octanol–water partition coefficient (Wildman–Crippen LogP) is 8.74. The van der Waals surface area contributed by atoms with Crippen molar-refractivity contribution < 1.29 is 41.1 Å². The van der Waals surface area contributed by atoms with Gasteiger partial charge in [-0.05, 0) is 80.3 Å². The molecule has 3 amide bonds. The first kappa shape index (κ1) is 37.3. The Morgan fingerprint density at radius 1 is 0.911 bits per heavy atom. The lowest BCUT2D eigenvalue weighted by molar-refractivity contribution is -0.137. The van der Waals surface area contributed by atoms with Crippen LogP contribution in [0.4, 0.5) is 44.8 Å². The summed E-state index contributed by atoms with van der Waals surface area (Å²) in [5.74, 6) is -3.61. The molecule has 56 heavy (non-hydrogen) atoms. The van der Waals surface area contributed by atoms with E-state index in [2.05, 4.69) is 15.2 Å². The molecule has 15 heteroatoms. The average molecular weight is 788 g/mol. The largest absolute Gasteiger partial charge is 0.418 e. The van der Waals surface area contributed by atoms with Gasteiger partial charge in [-0.2, -0.15) is 13.2 Å². The summed E-state index contributed by atoms with van der Waals surface area (Å²) >= 11 is 0.713. The minimum Gasteiger partial charge on any atom is -0.381 e. The van der Waals surface area contributed by atoms with Crippen molar-refractivity contribution in [3.8, 4) is 10.4 Å². The highest BCUT2D eigenvalue weighted by Gasteiger charge is 2.45. The van der Waals surface area contributed by atoms with Crippen LogP contribution < -0.4 is 20.4 Å². The highest BCUT2D eigenvalue weighted by atomic mass is 32.1. The molecular weight excluding hydrogens is 754 g/mol. The molecule has 3 aliphatic heterocycles. The Labute approximate surface area is 322 Å². The van der Waals surface area contributed by atoms with Crippen LogP contribution in [-0.4, -0.2) is 55.6 Å². The van der Waals surface area contributed by atoms with E-state index in [1.165, 1.54) is 4.90 Å². The minimum atomic E-state index is -4.97. The lowest BCUT2D eigenvalue weighted by Gasteiger charge is -2.53. The van der Waals surface area contributed by atoms with Crippen LogP contribution in [0.1, 0.15) is 59.9 Å². The highest BCUT2D eigenvalue weighted by Crippen LogP contribution is 2.45. The van der Waals surface area contributed by atoms with Crippen molar-refractivity contribution >= 4 is 51.9 Å². The van der Waals surface area contributed by atoms with Gasteiger partial charge in [-0.3, -0.25) is 14.4 Å². The van der Waals surface area contributed by atoms with Crippen molar-refractivity contribution in [1.82, 2.24) is 4.98 Å². The molecule has 0 radical (unpaired) electrons. The van der Waals surface area contributed by atoms with Gasteiger partial charge in [0.25, 0.3) is 17.7 Å². The van der Waals surface area contributed by atoms with Crippen LogP contribution in [0.3, 0.4) is 0 Å². The van der Waals surface area contributed by atoms with Gasteiger partial charge in [0.1, 0.15) is 16.5 Å². The van der Waals surface area contributed by atoms with Crippen molar-refractivity contribution in [1.29, 1.82) is 0 Å². The third-order valence-electron chi connectivity index (χ3n) is 10.5. The maximum atomic E-state index is 16.0. The van der Waals surface area contributed by atoms with Crippen LogP contribution >= 0.6 is 11.3 Å². The molecule has 8 rings (SSSR count). The van der Waals surface area contributed by atoms with Gasteiger partial charge in [-0.25, -0.2) is 13.8 Å². The van der Waals surface area contributed by atoms with Crippen LogP contribution in [0.5, 0.6) is 0 Å². The molecule has 0 saturated carbocycles. The lowest BCUT2D eigenvalue weighted by atomic mass is 9.73. The van der Waals surface area contributed by atoms with Gasteiger partial charge in [0.2, 0.25) is 0 Å². The maximum absolute atomic E-state index is 16.0. The molecule has 2 saturated heterocycles. The number of nitrogens with one attached hydrogen (secondary N) is 2. The van der Waals surface area contributed by atoms with E-state index in [1.807, 2.05) is 18.3 Å². The van der Waals surface area contributed by atoms with Gasteiger partial charge >= 0.3 is 6.18 Å². The number of aryl methyl sites for hydroxylation is 1. The topological polar surface area (TPSA) is 104 Å². The highest BCUT2D eigenvalue weighted by molar-refractivity contribution is 7.17. The van der Waals surface area contributed by atoms with E-state index in [1.54, 1.807) is 54.7 Å². The summed E-state index contributed by atoms with van der Waals surface area (Å²) in [5.41, 5.74) is 0.731. The van der Waals surface area contributed by atoms with E-state index in [9.17, 15) is 31.9 Å². The second-order valence-corrected chi connectivity index (χ2v) is 15.3. The SMILES string of the molecule is Cc1cnc(N2CC3(CCOCC3)C2)c(C(=O)Nc2ccc(C(=O)N3CCc4c(sc(C(=O)Nc5c(F)cccc5C(F)(F)F)c4F)-c4ccccc43)cc2)c1. The van der Waals surface area contributed by atoms with Crippen molar-refractivity contribution in [3.05, 3.63) is 123 Å². The predicted molar refractivity (Wildman–Crippen MR) is 203 cm³/mol. The quantitative estimate of drug-likeness (QED) is 0.167. The second-order valence-electron chi connectivity index (χ2n) is 14.3. The van der Waals surface area contributed by atoms with Gasteiger partial charge in [0, 0.05) is 71.7 Å². The summed E-state index contributed by atoms with van der Waals surface area (Å²) in [6, 6.07) is 17.2. The number of carbonyl (C=O) groups excluding carboxylic acids is 3.